The van der Waals surface area contributed by atoms with Gasteiger partial charge < -0.3 is 4.90 Å². The van der Waals surface area contributed by atoms with E-state index in [-0.39, 0.29) is 29.3 Å². The van der Waals surface area contributed by atoms with Crippen molar-refractivity contribution in [3.05, 3.63) is 47.7 Å². The number of rotatable bonds is 3. The van der Waals surface area contributed by atoms with Gasteiger partial charge in [-0.25, -0.2) is 0 Å². The van der Waals surface area contributed by atoms with E-state index in [0.717, 1.165) is 25.9 Å². The Morgan fingerprint density at radius 1 is 1.04 bits per heavy atom. The molecule has 1 aliphatic carbocycles. The van der Waals surface area contributed by atoms with E-state index in [1.165, 1.54) is 6.42 Å². The molecule has 2 fully saturated rings. The molecule has 1 aromatic carbocycles. The van der Waals surface area contributed by atoms with Crippen molar-refractivity contribution in [2.24, 2.45) is 5.92 Å². The van der Waals surface area contributed by atoms with Crippen LogP contribution in [-0.2, 0) is 9.59 Å². The molecule has 0 radical (unpaired) electrons. The molecule has 3 rings (SSSR count). The summed E-state index contributed by atoms with van der Waals surface area (Å²) in [5, 5.41) is 0. The van der Waals surface area contributed by atoms with Gasteiger partial charge in [0, 0.05) is 31.3 Å². The summed E-state index contributed by atoms with van der Waals surface area (Å²) >= 11 is 0. The Hall–Kier alpha value is -2.23. The molecular formula is C19H21NO3. The quantitative estimate of drug-likeness (QED) is 0.373. The molecule has 1 atom stereocenters. The molecule has 2 aliphatic rings. The third-order valence-corrected chi connectivity index (χ3v) is 4.62. The number of ketones is 3. The third-order valence-electron chi connectivity index (χ3n) is 4.62. The molecule has 4 nitrogen and oxygen atoms in total. The first-order valence-electron chi connectivity index (χ1n) is 8.29. The lowest BCUT2D eigenvalue weighted by molar-refractivity contribution is -0.125. The number of likely N-dealkylation sites (tertiary alicyclic amines) is 1. The summed E-state index contributed by atoms with van der Waals surface area (Å²) in [4.78, 5) is 39.5. The highest BCUT2D eigenvalue weighted by molar-refractivity contribution is 6.28. The zero-order chi connectivity index (χ0) is 16.2. The molecule has 0 unspecified atom stereocenters. The smallest absolute Gasteiger partial charge is 0.178 e. The number of allylic oxidation sites excluding steroid dienone is 1. The van der Waals surface area contributed by atoms with Gasteiger partial charge in [-0.3, -0.25) is 14.4 Å². The van der Waals surface area contributed by atoms with Crippen molar-refractivity contribution in [2.45, 2.75) is 32.1 Å². The Kier molecular flexibility index (Phi) is 4.70. The lowest BCUT2D eigenvalue weighted by atomic mass is 9.79. The van der Waals surface area contributed by atoms with Gasteiger partial charge in [0.25, 0.3) is 0 Å². The molecule has 23 heavy (non-hydrogen) atoms. The normalized spacial score (nSPS) is 24.1. The minimum Gasteiger partial charge on any atom is -0.377 e. The van der Waals surface area contributed by atoms with Gasteiger partial charge in [0.1, 0.15) is 0 Å². The van der Waals surface area contributed by atoms with Gasteiger partial charge in [0.15, 0.2) is 17.3 Å². The van der Waals surface area contributed by atoms with Crippen LogP contribution in [0.4, 0.5) is 0 Å². The van der Waals surface area contributed by atoms with Gasteiger partial charge in [-0.05, 0) is 25.7 Å². The van der Waals surface area contributed by atoms with Gasteiger partial charge in [0.2, 0.25) is 0 Å². The van der Waals surface area contributed by atoms with Crippen LogP contribution in [0, 0.1) is 5.92 Å². The standard InChI is InChI=1S/C19H21NO3/c21-17-10-9-15(18(22)14-7-3-1-4-8-14)19(23)16(17)13-20-11-5-2-6-12-20/h1,3-4,7-8,13,15H,2,5-6,9-12H2/b16-13+/t15-/m0/s1. The van der Waals surface area contributed by atoms with E-state index in [4.69, 9.17) is 0 Å². The van der Waals surface area contributed by atoms with E-state index < -0.39 is 5.92 Å². The number of carbonyl (C=O) groups excluding carboxylic acids is 3. The molecule has 0 bridgehead atoms. The van der Waals surface area contributed by atoms with Gasteiger partial charge in [0.05, 0.1) is 11.5 Å². The van der Waals surface area contributed by atoms with Crippen LogP contribution >= 0.6 is 0 Å². The van der Waals surface area contributed by atoms with E-state index >= 15 is 0 Å². The second kappa shape index (κ2) is 6.90. The minimum absolute atomic E-state index is 0.127. The highest BCUT2D eigenvalue weighted by Gasteiger charge is 2.37. The summed E-state index contributed by atoms with van der Waals surface area (Å²) in [6, 6.07) is 8.86. The topological polar surface area (TPSA) is 54.5 Å². The zero-order valence-corrected chi connectivity index (χ0v) is 13.2. The molecule has 0 spiro atoms. The molecule has 0 N–H and O–H groups in total. The SMILES string of the molecule is O=C1CC[C@@H](C(=O)c2ccccc2)C(=O)/C1=C/N1CCCCC1. The highest BCUT2D eigenvalue weighted by Crippen LogP contribution is 2.27. The molecule has 1 heterocycles. The average Bonchev–Trinajstić information content (AvgIpc) is 2.60. The Morgan fingerprint density at radius 3 is 2.43 bits per heavy atom. The van der Waals surface area contributed by atoms with Crippen molar-refractivity contribution in [3.63, 3.8) is 0 Å². The van der Waals surface area contributed by atoms with Crippen LogP contribution < -0.4 is 0 Å². The van der Waals surface area contributed by atoms with Crippen LogP contribution in [0.25, 0.3) is 0 Å². The molecule has 0 amide bonds. The number of nitrogens with zero attached hydrogens (tertiary/aromatic N) is 1. The number of carbonyl (C=O) groups is 3. The summed E-state index contributed by atoms with van der Waals surface area (Å²) in [5.41, 5.74) is 0.755. The fraction of sp³-hybridized carbons (Fsp3) is 0.421. The summed E-state index contributed by atoms with van der Waals surface area (Å²) in [7, 11) is 0. The van der Waals surface area contributed by atoms with Crippen LogP contribution in [0.3, 0.4) is 0 Å². The first-order valence-corrected chi connectivity index (χ1v) is 8.29. The van der Waals surface area contributed by atoms with Crippen LogP contribution in [0.15, 0.2) is 42.1 Å². The molecule has 0 aromatic heterocycles. The fourth-order valence-corrected chi connectivity index (χ4v) is 3.29. The zero-order valence-electron chi connectivity index (χ0n) is 13.2. The summed E-state index contributed by atoms with van der Waals surface area (Å²) < 4.78 is 0. The second-order valence-electron chi connectivity index (χ2n) is 6.25. The summed E-state index contributed by atoms with van der Waals surface area (Å²) in [6.45, 7) is 1.75. The van der Waals surface area contributed by atoms with Gasteiger partial charge in [-0.1, -0.05) is 30.3 Å². The van der Waals surface area contributed by atoms with E-state index in [2.05, 4.69) is 0 Å². The first kappa shape index (κ1) is 15.7. The number of Topliss-reactive ketones (excluding diaryl/α,β-unsaturated/α-hetero) is 3. The molecule has 4 heteroatoms. The number of benzene rings is 1. The lowest BCUT2D eigenvalue weighted by Gasteiger charge is -2.28. The maximum Gasteiger partial charge on any atom is 0.178 e. The third kappa shape index (κ3) is 3.41. The summed E-state index contributed by atoms with van der Waals surface area (Å²) in [6.07, 6.45) is 5.65. The second-order valence-corrected chi connectivity index (χ2v) is 6.25. The van der Waals surface area contributed by atoms with E-state index in [9.17, 15) is 14.4 Å². The van der Waals surface area contributed by atoms with E-state index in [1.807, 2.05) is 11.0 Å². The molecule has 1 aromatic rings. The predicted molar refractivity (Wildman–Crippen MR) is 87.0 cm³/mol. The number of hydrogen-bond acceptors (Lipinski definition) is 4. The Bertz CT molecular complexity index is 642. The van der Waals surface area contributed by atoms with E-state index in [0.29, 0.717) is 12.0 Å². The number of piperidine rings is 1. The molecule has 1 aliphatic heterocycles. The molecule has 1 saturated carbocycles. The predicted octanol–water partition coefficient (Wildman–Crippen LogP) is 2.79. The van der Waals surface area contributed by atoms with Crippen LogP contribution in [0.1, 0.15) is 42.5 Å². The molecule has 1 saturated heterocycles. The van der Waals surface area contributed by atoms with Crippen LogP contribution in [0.5, 0.6) is 0 Å². The van der Waals surface area contributed by atoms with Crippen LogP contribution in [0.2, 0.25) is 0 Å². The maximum absolute atomic E-state index is 12.7. The Morgan fingerprint density at radius 2 is 1.74 bits per heavy atom. The van der Waals surface area contributed by atoms with Crippen molar-refractivity contribution < 1.29 is 14.4 Å². The molecule has 120 valence electrons. The monoisotopic (exact) mass is 311 g/mol. The van der Waals surface area contributed by atoms with Gasteiger partial charge in [-0.15, -0.1) is 0 Å². The van der Waals surface area contributed by atoms with Crippen molar-refractivity contribution in [1.82, 2.24) is 4.90 Å². The van der Waals surface area contributed by atoms with Crippen molar-refractivity contribution in [2.75, 3.05) is 13.1 Å². The van der Waals surface area contributed by atoms with Gasteiger partial charge >= 0.3 is 0 Å². The first-order chi connectivity index (χ1) is 11.2. The minimum atomic E-state index is -0.717. The van der Waals surface area contributed by atoms with Crippen molar-refractivity contribution in [1.29, 1.82) is 0 Å². The lowest BCUT2D eigenvalue weighted by Crippen LogP contribution is -2.35. The maximum atomic E-state index is 12.7. The average molecular weight is 311 g/mol. The number of hydrogen-bond donors (Lipinski definition) is 0. The summed E-state index contributed by atoms with van der Waals surface area (Å²) in [5.74, 6) is -1.32. The van der Waals surface area contributed by atoms with E-state index in [1.54, 1.807) is 30.5 Å². The van der Waals surface area contributed by atoms with Gasteiger partial charge in [-0.2, -0.15) is 0 Å². The highest BCUT2D eigenvalue weighted by atomic mass is 16.2. The fourth-order valence-electron chi connectivity index (χ4n) is 3.29. The van der Waals surface area contributed by atoms with Crippen molar-refractivity contribution >= 4 is 17.3 Å². The Labute approximate surface area is 136 Å². The van der Waals surface area contributed by atoms with Crippen molar-refractivity contribution in [3.8, 4) is 0 Å². The Balaban J connectivity index is 1.81. The largest absolute Gasteiger partial charge is 0.377 e. The van der Waals surface area contributed by atoms with Crippen LogP contribution in [-0.4, -0.2) is 35.3 Å². The molecular weight excluding hydrogens is 290 g/mol.